The van der Waals surface area contributed by atoms with E-state index in [1.807, 2.05) is 0 Å². The Kier molecular flexibility index (Phi) is 1.17. The molecular formula is C9H13N3. The maximum atomic E-state index is 4.58. The standard InChI is InChI=1S/C9H13N3/c1-11-4-7-5-12(8-2-3-8)10-9(7)6-11/h5,8H,2-4,6H2,1H3. The van der Waals surface area contributed by atoms with Crippen molar-refractivity contribution in [1.29, 1.82) is 0 Å². The summed E-state index contributed by atoms with van der Waals surface area (Å²) in [5.74, 6) is 0. The Balaban J connectivity index is 1.94. The zero-order valence-corrected chi connectivity index (χ0v) is 7.32. The third-order valence-electron chi connectivity index (χ3n) is 2.68. The molecule has 1 aliphatic carbocycles. The normalized spacial score (nSPS) is 23.1. The molecular weight excluding hydrogens is 150 g/mol. The van der Waals surface area contributed by atoms with Crippen LogP contribution in [0.2, 0.25) is 0 Å². The largest absolute Gasteiger partial charge is 0.296 e. The van der Waals surface area contributed by atoms with Crippen molar-refractivity contribution in [2.45, 2.75) is 32.0 Å². The highest BCUT2D eigenvalue weighted by Gasteiger charge is 2.27. The van der Waals surface area contributed by atoms with Crippen LogP contribution in [0.5, 0.6) is 0 Å². The summed E-state index contributed by atoms with van der Waals surface area (Å²) in [4.78, 5) is 2.30. The average Bonchev–Trinajstić information content (AvgIpc) is 2.69. The number of hydrogen-bond donors (Lipinski definition) is 0. The van der Waals surface area contributed by atoms with Crippen molar-refractivity contribution in [2.24, 2.45) is 0 Å². The summed E-state index contributed by atoms with van der Waals surface area (Å²) in [6, 6.07) is 0.737. The monoisotopic (exact) mass is 163 g/mol. The Hall–Kier alpha value is -0.830. The Morgan fingerprint density at radius 1 is 1.42 bits per heavy atom. The van der Waals surface area contributed by atoms with Gasteiger partial charge in [0.05, 0.1) is 11.7 Å². The molecule has 1 aromatic heterocycles. The fourth-order valence-corrected chi connectivity index (χ4v) is 1.86. The highest BCUT2D eigenvalue weighted by Crippen LogP contribution is 2.35. The maximum absolute atomic E-state index is 4.58. The van der Waals surface area contributed by atoms with Gasteiger partial charge in [-0.1, -0.05) is 0 Å². The first-order valence-corrected chi connectivity index (χ1v) is 4.58. The van der Waals surface area contributed by atoms with Gasteiger partial charge in [0, 0.05) is 24.8 Å². The van der Waals surface area contributed by atoms with E-state index < -0.39 is 0 Å². The van der Waals surface area contributed by atoms with Crippen molar-refractivity contribution in [3.8, 4) is 0 Å². The van der Waals surface area contributed by atoms with Crippen LogP contribution in [0.25, 0.3) is 0 Å². The SMILES string of the molecule is CN1Cc2cn(C3CC3)nc2C1. The smallest absolute Gasteiger partial charge is 0.0809 e. The summed E-state index contributed by atoms with van der Waals surface area (Å²) in [6.45, 7) is 2.12. The molecule has 0 saturated heterocycles. The maximum Gasteiger partial charge on any atom is 0.0809 e. The van der Waals surface area contributed by atoms with Crippen LogP contribution in [-0.4, -0.2) is 21.7 Å². The van der Waals surface area contributed by atoms with Crippen molar-refractivity contribution in [3.05, 3.63) is 17.5 Å². The number of hydrogen-bond acceptors (Lipinski definition) is 2. The molecule has 3 heteroatoms. The summed E-state index contributed by atoms with van der Waals surface area (Å²) in [6.07, 6.45) is 4.89. The minimum absolute atomic E-state index is 0.737. The Morgan fingerprint density at radius 2 is 2.25 bits per heavy atom. The van der Waals surface area contributed by atoms with Gasteiger partial charge in [0.2, 0.25) is 0 Å². The number of rotatable bonds is 1. The lowest BCUT2D eigenvalue weighted by molar-refractivity contribution is 0.345. The topological polar surface area (TPSA) is 21.1 Å². The van der Waals surface area contributed by atoms with Gasteiger partial charge in [-0.15, -0.1) is 0 Å². The first kappa shape index (κ1) is 6.66. The minimum Gasteiger partial charge on any atom is -0.296 e. The predicted octanol–water partition coefficient (Wildman–Crippen LogP) is 1.16. The zero-order chi connectivity index (χ0) is 8.13. The second kappa shape index (κ2) is 2.10. The van der Waals surface area contributed by atoms with Crippen LogP contribution in [0.15, 0.2) is 6.20 Å². The van der Waals surface area contributed by atoms with E-state index in [9.17, 15) is 0 Å². The minimum atomic E-state index is 0.737. The van der Waals surface area contributed by atoms with Crippen LogP contribution in [-0.2, 0) is 13.1 Å². The van der Waals surface area contributed by atoms with Crippen molar-refractivity contribution in [3.63, 3.8) is 0 Å². The molecule has 0 bridgehead atoms. The number of nitrogens with zero attached hydrogens (tertiary/aromatic N) is 3. The van der Waals surface area contributed by atoms with Crippen molar-refractivity contribution >= 4 is 0 Å². The molecule has 0 unspecified atom stereocenters. The van der Waals surface area contributed by atoms with Crippen LogP contribution in [0.1, 0.15) is 30.1 Å². The Bertz CT molecular complexity index is 288. The molecule has 0 radical (unpaired) electrons. The van der Waals surface area contributed by atoms with Gasteiger partial charge in [-0.05, 0) is 19.9 Å². The summed E-state index contributed by atoms with van der Waals surface area (Å²) in [5, 5.41) is 4.58. The van der Waals surface area contributed by atoms with Gasteiger partial charge in [0.25, 0.3) is 0 Å². The van der Waals surface area contributed by atoms with E-state index in [4.69, 9.17) is 0 Å². The quantitative estimate of drug-likeness (QED) is 0.619. The molecule has 0 spiro atoms. The molecule has 0 amide bonds. The van der Waals surface area contributed by atoms with Crippen molar-refractivity contribution in [2.75, 3.05) is 7.05 Å². The van der Waals surface area contributed by atoms with E-state index in [0.29, 0.717) is 0 Å². The molecule has 0 N–H and O–H groups in total. The van der Waals surface area contributed by atoms with E-state index in [0.717, 1.165) is 19.1 Å². The number of aromatic nitrogens is 2. The molecule has 1 saturated carbocycles. The molecule has 3 nitrogen and oxygen atoms in total. The molecule has 64 valence electrons. The fraction of sp³-hybridized carbons (Fsp3) is 0.667. The van der Waals surface area contributed by atoms with Gasteiger partial charge in [-0.25, -0.2) is 0 Å². The van der Waals surface area contributed by atoms with E-state index in [2.05, 4.69) is 27.9 Å². The van der Waals surface area contributed by atoms with Gasteiger partial charge in [-0.2, -0.15) is 5.10 Å². The van der Waals surface area contributed by atoms with E-state index >= 15 is 0 Å². The van der Waals surface area contributed by atoms with Crippen LogP contribution >= 0.6 is 0 Å². The third kappa shape index (κ3) is 0.894. The second-order valence-corrected chi connectivity index (χ2v) is 3.98. The van der Waals surface area contributed by atoms with Gasteiger partial charge < -0.3 is 0 Å². The van der Waals surface area contributed by atoms with E-state index in [-0.39, 0.29) is 0 Å². The predicted molar refractivity (Wildman–Crippen MR) is 45.7 cm³/mol. The molecule has 3 rings (SSSR count). The molecule has 2 heterocycles. The lowest BCUT2D eigenvalue weighted by Crippen LogP contribution is -2.10. The Morgan fingerprint density at radius 3 is 2.92 bits per heavy atom. The summed E-state index contributed by atoms with van der Waals surface area (Å²) < 4.78 is 2.16. The molecule has 12 heavy (non-hydrogen) atoms. The van der Waals surface area contributed by atoms with Crippen molar-refractivity contribution in [1.82, 2.24) is 14.7 Å². The summed E-state index contributed by atoms with van der Waals surface area (Å²) >= 11 is 0. The number of fused-ring (bicyclic) bond motifs is 1. The fourth-order valence-electron chi connectivity index (χ4n) is 1.86. The average molecular weight is 163 g/mol. The molecule has 0 atom stereocenters. The molecule has 1 aromatic rings. The first-order chi connectivity index (χ1) is 5.83. The van der Waals surface area contributed by atoms with Gasteiger partial charge in [-0.3, -0.25) is 9.58 Å². The summed E-state index contributed by atoms with van der Waals surface area (Å²) in [5.41, 5.74) is 2.73. The molecule has 1 fully saturated rings. The lowest BCUT2D eigenvalue weighted by atomic mass is 10.3. The van der Waals surface area contributed by atoms with Crippen LogP contribution in [0.3, 0.4) is 0 Å². The highest BCUT2D eigenvalue weighted by molar-refractivity contribution is 5.21. The summed E-state index contributed by atoms with van der Waals surface area (Å²) in [7, 11) is 2.14. The van der Waals surface area contributed by atoms with Gasteiger partial charge >= 0.3 is 0 Å². The third-order valence-corrected chi connectivity index (χ3v) is 2.68. The van der Waals surface area contributed by atoms with Gasteiger partial charge in [0.1, 0.15) is 0 Å². The van der Waals surface area contributed by atoms with E-state index in [1.54, 1.807) is 0 Å². The highest BCUT2D eigenvalue weighted by atomic mass is 15.3. The molecule has 0 aromatic carbocycles. The van der Waals surface area contributed by atoms with E-state index in [1.165, 1.54) is 24.1 Å². The van der Waals surface area contributed by atoms with Crippen LogP contribution in [0, 0.1) is 0 Å². The van der Waals surface area contributed by atoms with Crippen LogP contribution < -0.4 is 0 Å². The zero-order valence-electron chi connectivity index (χ0n) is 7.32. The van der Waals surface area contributed by atoms with Crippen LogP contribution in [0.4, 0.5) is 0 Å². The molecule has 1 aliphatic heterocycles. The molecule has 2 aliphatic rings. The Labute approximate surface area is 72.0 Å². The first-order valence-electron chi connectivity index (χ1n) is 4.58. The van der Waals surface area contributed by atoms with Crippen molar-refractivity contribution < 1.29 is 0 Å². The lowest BCUT2D eigenvalue weighted by Gasteiger charge is -2.05. The second-order valence-electron chi connectivity index (χ2n) is 3.98. The van der Waals surface area contributed by atoms with Gasteiger partial charge in [0.15, 0.2) is 0 Å².